The van der Waals surface area contributed by atoms with Crippen LogP contribution in [0, 0.1) is 28.5 Å². The standard InChI is InChI=1S/C15H8ClFN2O/c16-14-6-10(7-18)1-2-15(14)20-9-12-3-11(8-19)4-13(17)5-12/h1-6H,9H2. The van der Waals surface area contributed by atoms with E-state index >= 15 is 0 Å². The number of rotatable bonds is 3. The zero-order chi connectivity index (χ0) is 14.5. The fourth-order valence-corrected chi connectivity index (χ4v) is 1.88. The maximum Gasteiger partial charge on any atom is 0.138 e. The summed E-state index contributed by atoms with van der Waals surface area (Å²) >= 11 is 5.96. The van der Waals surface area contributed by atoms with Crippen molar-refractivity contribution in [3.8, 4) is 17.9 Å². The molecule has 2 aromatic carbocycles. The third-order valence-corrected chi connectivity index (χ3v) is 2.84. The Morgan fingerprint density at radius 1 is 1.05 bits per heavy atom. The molecule has 0 aliphatic heterocycles. The Bertz CT molecular complexity index is 732. The third-order valence-electron chi connectivity index (χ3n) is 2.54. The Morgan fingerprint density at radius 2 is 1.80 bits per heavy atom. The molecule has 0 heterocycles. The average Bonchev–Trinajstić information content (AvgIpc) is 2.45. The van der Waals surface area contributed by atoms with E-state index in [-0.39, 0.29) is 12.2 Å². The fourth-order valence-electron chi connectivity index (χ4n) is 1.65. The normalized spacial score (nSPS) is 9.60. The van der Waals surface area contributed by atoms with Gasteiger partial charge in [-0.1, -0.05) is 11.6 Å². The highest BCUT2D eigenvalue weighted by Gasteiger charge is 2.05. The second-order valence-corrected chi connectivity index (χ2v) is 4.41. The lowest BCUT2D eigenvalue weighted by Crippen LogP contribution is -1.97. The molecule has 0 radical (unpaired) electrons. The molecule has 0 amide bonds. The summed E-state index contributed by atoms with van der Waals surface area (Å²) in [4.78, 5) is 0. The molecule has 3 nitrogen and oxygen atoms in total. The Kier molecular flexibility index (Phi) is 4.20. The van der Waals surface area contributed by atoms with Gasteiger partial charge in [0.05, 0.1) is 28.3 Å². The van der Waals surface area contributed by atoms with Gasteiger partial charge in [-0.25, -0.2) is 4.39 Å². The lowest BCUT2D eigenvalue weighted by molar-refractivity contribution is 0.305. The van der Waals surface area contributed by atoms with Gasteiger partial charge in [0.1, 0.15) is 18.2 Å². The van der Waals surface area contributed by atoms with E-state index in [0.717, 1.165) is 6.07 Å². The molecule has 0 aromatic heterocycles. The molecule has 0 spiro atoms. The smallest absolute Gasteiger partial charge is 0.138 e. The van der Waals surface area contributed by atoms with Gasteiger partial charge in [-0.3, -0.25) is 0 Å². The van der Waals surface area contributed by atoms with Crippen molar-refractivity contribution in [2.24, 2.45) is 0 Å². The van der Waals surface area contributed by atoms with Crippen molar-refractivity contribution in [2.45, 2.75) is 6.61 Å². The second kappa shape index (κ2) is 6.06. The summed E-state index contributed by atoms with van der Waals surface area (Å²) in [6, 6.07) is 12.5. The molecule has 5 heteroatoms. The van der Waals surface area contributed by atoms with Crippen LogP contribution in [0.1, 0.15) is 16.7 Å². The molecule has 0 unspecified atom stereocenters. The van der Waals surface area contributed by atoms with Crippen molar-refractivity contribution in [3.63, 3.8) is 0 Å². The maximum absolute atomic E-state index is 13.2. The molecule has 0 aliphatic carbocycles. The number of hydrogen-bond acceptors (Lipinski definition) is 3. The van der Waals surface area contributed by atoms with Crippen LogP contribution in [-0.2, 0) is 6.61 Å². The quantitative estimate of drug-likeness (QED) is 0.862. The predicted octanol–water partition coefficient (Wildman–Crippen LogP) is 3.80. The van der Waals surface area contributed by atoms with Gasteiger partial charge in [0.15, 0.2) is 0 Å². The summed E-state index contributed by atoms with van der Waals surface area (Å²) in [6.07, 6.45) is 0. The van der Waals surface area contributed by atoms with Gasteiger partial charge >= 0.3 is 0 Å². The summed E-state index contributed by atoms with van der Waals surface area (Å²) < 4.78 is 18.7. The van der Waals surface area contributed by atoms with E-state index in [2.05, 4.69) is 0 Å². The molecule has 0 saturated heterocycles. The number of benzene rings is 2. The first-order chi connectivity index (χ1) is 9.62. The van der Waals surface area contributed by atoms with Crippen LogP contribution in [0.25, 0.3) is 0 Å². The molecule has 0 saturated carbocycles. The molecule has 0 aliphatic rings. The van der Waals surface area contributed by atoms with Crippen LogP contribution in [0.4, 0.5) is 4.39 Å². The van der Waals surface area contributed by atoms with Crippen LogP contribution in [0.2, 0.25) is 5.02 Å². The fraction of sp³-hybridized carbons (Fsp3) is 0.0667. The number of nitriles is 2. The van der Waals surface area contributed by atoms with E-state index in [1.165, 1.54) is 12.1 Å². The zero-order valence-corrected chi connectivity index (χ0v) is 11.0. The van der Waals surface area contributed by atoms with Gasteiger partial charge < -0.3 is 4.74 Å². The highest BCUT2D eigenvalue weighted by Crippen LogP contribution is 2.26. The minimum atomic E-state index is -0.492. The summed E-state index contributed by atoms with van der Waals surface area (Å²) in [5, 5.41) is 17.8. The predicted molar refractivity (Wildman–Crippen MR) is 71.6 cm³/mol. The van der Waals surface area contributed by atoms with E-state index in [1.807, 2.05) is 12.1 Å². The molecule has 0 N–H and O–H groups in total. The molecule has 20 heavy (non-hydrogen) atoms. The molecule has 98 valence electrons. The van der Waals surface area contributed by atoms with Gasteiger partial charge in [0.25, 0.3) is 0 Å². The zero-order valence-electron chi connectivity index (χ0n) is 10.2. The summed E-state index contributed by atoms with van der Waals surface area (Å²) in [5.41, 5.74) is 1.19. The van der Waals surface area contributed by atoms with Crippen LogP contribution in [-0.4, -0.2) is 0 Å². The second-order valence-electron chi connectivity index (χ2n) is 4.01. The number of halogens is 2. The largest absolute Gasteiger partial charge is 0.487 e. The Labute approximate surface area is 120 Å². The van der Waals surface area contributed by atoms with Crippen LogP contribution in [0.5, 0.6) is 5.75 Å². The highest BCUT2D eigenvalue weighted by atomic mass is 35.5. The first-order valence-corrected chi connectivity index (χ1v) is 6.02. The van der Waals surface area contributed by atoms with E-state index in [9.17, 15) is 4.39 Å². The van der Waals surface area contributed by atoms with Crippen LogP contribution in [0.15, 0.2) is 36.4 Å². The minimum absolute atomic E-state index is 0.0814. The van der Waals surface area contributed by atoms with Crippen molar-refractivity contribution in [1.82, 2.24) is 0 Å². The lowest BCUT2D eigenvalue weighted by atomic mass is 10.1. The Balaban J connectivity index is 2.15. The third kappa shape index (κ3) is 3.26. The summed E-state index contributed by atoms with van der Waals surface area (Å²) in [5.74, 6) is -0.0954. The van der Waals surface area contributed by atoms with E-state index < -0.39 is 5.82 Å². The molecular weight excluding hydrogens is 279 g/mol. The molecule has 0 atom stereocenters. The SMILES string of the molecule is N#Cc1cc(F)cc(COc2ccc(C#N)cc2Cl)c1. The maximum atomic E-state index is 13.2. The van der Waals surface area contributed by atoms with Crippen LogP contribution >= 0.6 is 11.6 Å². The van der Waals surface area contributed by atoms with Gasteiger partial charge in [-0.15, -0.1) is 0 Å². The average molecular weight is 287 g/mol. The van der Waals surface area contributed by atoms with Gasteiger partial charge in [0, 0.05) is 0 Å². The molecule has 0 fully saturated rings. The summed E-state index contributed by atoms with van der Waals surface area (Å²) in [6.45, 7) is 0.0814. The Hall–Kier alpha value is -2.56. The molecule has 2 rings (SSSR count). The monoisotopic (exact) mass is 286 g/mol. The minimum Gasteiger partial charge on any atom is -0.487 e. The lowest BCUT2D eigenvalue weighted by Gasteiger charge is -2.08. The summed E-state index contributed by atoms with van der Waals surface area (Å²) in [7, 11) is 0. The number of hydrogen-bond donors (Lipinski definition) is 0. The molecular formula is C15H8ClFN2O. The number of nitrogens with zero attached hydrogens (tertiary/aromatic N) is 2. The first-order valence-electron chi connectivity index (χ1n) is 5.64. The topological polar surface area (TPSA) is 56.8 Å². The first kappa shape index (κ1) is 13.9. The van der Waals surface area contributed by atoms with Crippen molar-refractivity contribution < 1.29 is 9.13 Å². The number of ether oxygens (including phenoxy) is 1. The van der Waals surface area contributed by atoms with E-state index in [4.69, 9.17) is 26.9 Å². The van der Waals surface area contributed by atoms with Crippen LogP contribution < -0.4 is 4.74 Å². The molecule has 2 aromatic rings. The van der Waals surface area contributed by atoms with Crippen molar-refractivity contribution in [1.29, 1.82) is 10.5 Å². The van der Waals surface area contributed by atoms with Crippen molar-refractivity contribution in [2.75, 3.05) is 0 Å². The van der Waals surface area contributed by atoms with E-state index in [0.29, 0.717) is 21.9 Å². The Morgan fingerprint density at radius 3 is 2.45 bits per heavy atom. The van der Waals surface area contributed by atoms with Crippen molar-refractivity contribution in [3.05, 3.63) is 63.9 Å². The van der Waals surface area contributed by atoms with E-state index in [1.54, 1.807) is 18.2 Å². The molecule has 0 bridgehead atoms. The van der Waals surface area contributed by atoms with Gasteiger partial charge in [0.2, 0.25) is 0 Å². The van der Waals surface area contributed by atoms with Crippen LogP contribution in [0.3, 0.4) is 0 Å². The highest BCUT2D eigenvalue weighted by molar-refractivity contribution is 6.32. The van der Waals surface area contributed by atoms with Crippen molar-refractivity contribution >= 4 is 11.6 Å². The van der Waals surface area contributed by atoms with Gasteiger partial charge in [-0.2, -0.15) is 10.5 Å². The van der Waals surface area contributed by atoms with Gasteiger partial charge in [-0.05, 0) is 42.0 Å².